The highest BCUT2D eigenvalue weighted by molar-refractivity contribution is 6.17. The maximum atomic E-state index is 5.96. The molecule has 0 spiro atoms. The molecule has 0 N–H and O–H groups in total. The summed E-state index contributed by atoms with van der Waals surface area (Å²) in [6.07, 6.45) is 4.27. The second-order valence-corrected chi connectivity index (χ2v) is 8.03. The van der Waals surface area contributed by atoms with Crippen molar-refractivity contribution in [3.8, 4) is 0 Å². The van der Waals surface area contributed by atoms with E-state index in [4.69, 9.17) is 11.6 Å². The monoisotopic (exact) mass is 423 g/mol. The molecule has 0 saturated heterocycles. The first kappa shape index (κ1) is 21.0. The van der Waals surface area contributed by atoms with Gasteiger partial charge in [-0.15, -0.1) is 11.6 Å². The number of alkyl halides is 1. The number of hydrogen-bond acceptors (Lipinski definition) is 1. The molecule has 4 aromatic rings. The number of benzene rings is 4. The zero-order chi connectivity index (χ0) is 21.6. The van der Waals surface area contributed by atoms with Gasteiger partial charge in [-0.2, -0.15) is 0 Å². The molecule has 0 saturated carbocycles. The van der Waals surface area contributed by atoms with Crippen LogP contribution in [0.25, 0.3) is 12.2 Å². The van der Waals surface area contributed by atoms with Crippen LogP contribution < -0.4 is 4.90 Å². The molecule has 0 aromatic heterocycles. The topological polar surface area (TPSA) is 3.24 Å². The van der Waals surface area contributed by atoms with Gasteiger partial charge in [-0.1, -0.05) is 84.4 Å². The number of para-hydroxylation sites is 1. The first-order valence-corrected chi connectivity index (χ1v) is 11.0. The van der Waals surface area contributed by atoms with Crippen LogP contribution in [0, 0.1) is 13.8 Å². The maximum absolute atomic E-state index is 5.96. The molecule has 0 bridgehead atoms. The smallest absolute Gasteiger partial charge is 0.0490 e. The Balaban J connectivity index is 1.66. The Labute approximate surface area is 190 Å². The van der Waals surface area contributed by atoms with Crippen molar-refractivity contribution < 1.29 is 0 Å². The molecular weight excluding hydrogens is 398 g/mol. The molecule has 154 valence electrons. The molecule has 0 aliphatic rings. The molecule has 2 heteroatoms. The standard InChI is InChI=1S/C29H26ClN/c1-22-11-18-29(23(2)19-22)31(27-9-4-3-5-10-27)28-16-14-24(15-17-28)12-13-25-7-6-8-26(20-25)21-30/h3-20H,21H2,1-2H3/b13-12+. The van der Waals surface area contributed by atoms with Crippen molar-refractivity contribution >= 4 is 40.8 Å². The van der Waals surface area contributed by atoms with Crippen LogP contribution in [0.2, 0.25) is 0 Å². The summed E-state index contributed by atoms with van der Waals surface area (Å²) < 4.78 is 0. The van der Waals surface area contributed by atoms with E-state index >= 15 is 0 Å². The minimum atomic E-state index is 0.532. The first-order chi connectivity index (χ1) is 15.1. The number of hydrogen-bond donors (Lipinski definition) is 0. The summed E-state index contributed by atoms with van der Waals surface area (Å²) in [5.74, 6) is 0.532. The third kappa shape index (κ3) is 5.07. The average Bonchev–Trinajstić information content (AvgIpc) is 2.81. The predicted molar refractivity (Wildman–Crippen MR) is 136 cm³/mol. The Bertz CT molecular complexity index is 1180. The lowest BCUT2D eigenvalue weighted by Crippen LogP contribution is -2.11. The van der Waals surface area contributed by atoms with Gasteiger partial charge in [0, 0.05) is 22.9 Å². The van der Waals surface area contributed by atoms with Crippen molar-refractivity contribution in [2.45, 2.75) is 19.7 Å². The third-order valence-electron chi connectivity index (χ3n) is 5.33. The second kappa shape index (κ2) is 9.68. The van der Waals surface area contributed by atoms with E-state index < -0.39 is 0 Å². The molecule has 1 nitrogen and oxygen atoms in total. The van der Waals surface area contributed by atoms with Gasteiger partial charge in [0.05, 0.1) is 0 Å². The zero-order valence-electron chi connectivity index (χ0n) is 17.9. The molecule has 0 radical (unpaired) electrons. The van der Waals surface area contributed by atoms with Crippen molar-refractivity contribution in [3.05, 3.63) is 125 Å². The maximum Gasteiger partial charge on any atom is 0.0490 e. The lowest BCUT2D eigenvalue weighted by molar-refractivity contribution is 1.24. The Morgan fingerprint density at radius 1 is 0.677 bits per heavy atom. The largest absolute Gasteiger partial charge is 0.310 e. The van der Waals surface area contributed by atoms with Gasteiger partial charge in [-0.05, 0) is 66.4 Å². The Hall–Kier alpha value is -3.29. The van der Waals surface area contributed by atoms with E-state index in [1.807, 2.05) is 12.1 Å². The zero-order valence-corrected chi connectivity index (χ0v) is 18.7. The van der Waals surface area contributed by atoms with E-state index in [-0.39, 0.29) is 0 Å². The fraction of sp³-hybridized carbons (Fsp3) is 0.103. The highest BCUT2D eigenvalue weighted by atomic mass is 35.5. The van der Waals surface area contributed by atoms with E-state index in [1.165, 1.54) is 16.8 Å². The van der Waals surface area contributed by atoms with Crippen LogP contribution in [0.3, 0.4) is 0 Å². The molecule has 4 rings (SSSR count). The van der Waals surface area contributed by atoms with Gasteiger partial charge in [0.15, 0.2) is 0 Å². The van der Waals surface area contributed by atoms with E-state index in [0.717, 1.165) is 28.1 Å². The highest BCUT2D eigenvalue weighted by Crippen LogP contribution is 2.36. The summed E-state index contributed by atoms with van der Waals surface area (Å²) in [5.41, 5.74) is 9.45. The van der Waals surface area contributed by atoms with Crippen LogP contribution in [-0.2, 0) is 5.88 Å². The molecule has 0 amide bonds. The number of halogens is 1. The van der Waals surface area contributed by atoms with Crippen LogP contribution in [0.4, 0.5) is 17.1 Å². The van der Waals surface area contributed by atoms with Gasteiger partial charge < -0.3 is 4.90 Å². The van der Waals surface area contributed by atoms with Gasteiger partial charge in [-0.25, -0.2) is 0 Å². The first-order valence-electron chi connectivity index (χ1n) is 10.5. The molecule has 31 heavy (non-hydrogen) atoms. The van der Waals surface area contributed by atoms with Gasteiger partial charge in [0.2, 0.25) is 0 Å². The lowest BCUT2D eigenvalue weighted by Gasteiger charge is -2.27. The van der Waals surface area contributed by atoms with E-state index in [1.54, 1.807) is 0 Å². The highest BCUT2D eigenvalue weighted by Gasteiger charge is 2.14. The molecule has 0 aliphatic heterocycles. The normalized spacial score (nSPS) is 11.1. The van der Waals surface area contributed by atoms with Crippen molar-refractivity contribution in [2.75, 3.05) is 4.90 Å². The Kier molecular flexibility index (Phi) is 6.54. The van der Waals surface area contributed by atoms with Crippen LogP contribution in [-0.4, -0.2) is 0 Å². The summed E-state index contributed by atoms with van der Waals surface area (Å²) >= 11 is 5.96. The van der Waals surface area contributed by atoms with Gasteiger partial charge in [0.25, 0.3) is 0 Å². The number of nitrogens with zero attached hydrogens (tertiary/aromatic N) is 1. The van der Waals surface area contributed by atoms with Gasteiger partial charge in [0.1, 0.15) is 0 Å². The SMILES string of the molecule is Cc1ccc(N(c2ccccc2)c2ccc(/C=C/c3cccc(CCl)c3)cc2)c(C)c1. The number of anilines is 3. The molecule has 0 heterocycles. The van der Waals surface area contributed by atoms with Crippen LogP contribution in [0.15, 0.2) is 97.1 Å². The van der Waals surface area contributed by atoms with Crippen LogP contribution >= 0.6 is 11.6 Å². The van der Waals surface area contributed by atoms with Crippen molar-refractivity contribution in [1.82, 2.24) is 0 Å². The predicted octanol–water partition coefficient (Wildman–Crippen LogP) is 8.68. The minimum absolute atomic E-state index is 0.532. The summed E-state index contributed by atoms with van der Waals surface area (Å²) in [7, 11) is 0. The third-order valence-corrected chi connectivity index (χ3v) is 5.64. The lowest BCUT2D eigenvalue weighted by atomic mass is 10.1. The molecule has 0 aliphatic carbocycles. The minimum Gasteiger partial charge on any atom is -0.310 e. The van der Waals surface area contributed by atoms with Crippen molar-refractivity contribution in [3.63, 3.8) is 0 Å². The quantitative estimate of drug-likeness (QED) is 0.221. The van der Waals surface area contributed by atoms with Crippen LogP contribution in [0.1, 0.15) is 27.8 Å². The van der Waals surface area contributed by atoms with E-state index in [9.17, 15) is 0 Å². The number of aryl methyl sites for hydroxylation is 2. The molecule has 4 aromatic carbocycles. The van der Waals surface area contributed by atoms with Crippen molar-refractivity contribution in [1.29, 1.82) is 0 Å². The second-order valence-electron chi connectivity index (χ2n) is 7.76. The Morgan fingerprint density at radius 2 is 1.39 bits per heavy atom. The molecule has 0 atom stereocenters. The van der Waals surface area contributed by atoms with E-state index in [2.05, 4.69) is 116 Å². The summed E-state index contributed by atoms with van der Waals surface area (Å²) in [6.45, 7) is 4.30. The van der Waals surface area contributed by atoms with Gasteiger partial charge in [-0.3, -0.25) is 0 Å². The van der Waals surface area contributed by atoms with E-state index in [0.29, 0.717) is 5.88 Å². The summed E-state index contributed by atoms with van der Waals surface area (Å²) in [5, 5.41) is 0. The molecular formula is C29H26ClN. The Morgan fingerprint density at radius 3 is 2.10 bits per heavy atom. The fourth-order valence-corrected chi connectivity index (χ4v) is 3.93. The summed E-state index contributed by atoms with van der Waals surface area (Å²) in [6, 6.07) is 34.1. The van der Waals surface area contributed by atoms with Crippen LogP contribution in [0.5, 0.6) is 0 Å². The summed E-state index contributed by atoms with van der Waals surface area (Å²) in [4.78, 5) is 2.31. The number of rotatable bonds is 6. The average molecular weight is 424 g/mol. The molecule has 0 unspecified atom stereocenters. The molecule has 0 fully saturated rings. The fourth-order valence-electron chi connectivity index (χ4n) is 3.77. The van der Waals surface area contributed by atoms with Crippen molar-refractivity contribution in [2.24, 2.45) is 0 Å². The van der Waals surface area contributed by atoms with Gasteiger partial charge >= 0.3 is 0 Å².